The van der Waals surface area contributed by atoms with Crippen LogP contribution in [-0.2, 0) is 14.8 Å². The van der Waals surface area contributed by atoms with Crippen molar-refractivity contribution in [2.45, 2.75) is 48.9 Å². The molecule has 1 heterocycles. The highest BCUT2D eigenvalue weighted by Gasteiger charge is 2.33. The first kappa shape index (κ1) is 25.1. The number of carboxylic acid groups (broad SMARTS) is 1. The van der Waals surface area contributed by atoms with E-state index < -0.39 is 21.8 Å². The number of thioether (sulfide) groups is 1. The summed E-state index contributed by atoms with van der Waals surface area (Å²) in [7, 11) is -3.92. The SMILES string of the molecule is CCCC[C@H]1CN(c2ccccc2)c2cc(SCC)c(O/C=C(\F)C(=O)O)cc2S(=O)(=O)N1. The first-order valence-electron chi connectivity index (χ1n) is 10.7. The number of nitrogens with one attached hydrogen (secondary N) is 1. The maximum atomic E-state index is 13.5. The zero-order valence-corrected chi connectivity index (χ0v) is 20.1. The Morgan fingerprint density at radius 2 is 2.03 bits per heavy atom. The van der Waals surface area contributed by atoms with E-state index in [2.05, 4.69) is 11.6 Å². The molecule has 3 rings (SSSR count). The molecule has 0 aliphatic carbocycles. The predicted octanol–water partition coefficient (Wildman–Crippen LogP) is 5.06. The highest BCUT2D eigenvalue weighted by molar-refractivity contribution is 7.99. The smallest absolute Gasteiger partial charge is 0.368 e. The lowest BCUT2D eigenvalue weighted by molar-refractivity contribution is -0.134. The number of hydrogen-bond donors (Lipinski definition) is 2. The molecular weight excluding hydrogens is 467 g/mol. The quantitative estimate of drug-likeness (QED) is 0.286. The monoisotopic (exact) mass is 494 g/mol. The summed E-state index contributed by atoms with van der Waals surface area (Å²) in [6.07, 6.45) is 2.96. The fourth-order valence-electron chi connectivity index (χ4n) is 3.57. The molecule has 2 aromatic carbocycles. The number of carboxylic acids is 1. The molecule has 0 fully saturated rings. The van der Waals surface area contributed by atoms with Gasteiger partial charge in [0.05, 0.1) is 10.6 Å². The number of para-hydroxylation sites is 1. The molecule has 0 bridgehead atoms. The van der Waals surface area contributed by atoms with Gasteiger partial charge in [-0.1, -0.05) is 44.9 Å². The molecule has 1 aliphatic heterocycles. The molecule has 2 N–H and O–H groups in total. The van der Waals surface area contributed by atoms with Crippen LogP contribution >= 0.6 is 11.8 Å². The summed E-state index contributed by atoms with van der Waals surface area (Å²) in [5.41, 5.74) is 1.33. The van der Waals surface area contributed by atoms with Gasteiger partial charge in [0, 0.05) is 24.3 Å². The van der Waals surface area contributed by atoms with Gasteiger partial charge in [-0.25, -0.2) is 17.9 Å². The number of carbonyl (C=O) groups is 1. The number of sulfonamides is 1. The molecule has 178 valence electrons. The third-order valence-electron chi connectivity index (χ3n) is 5.10. The number of anilines is 2. The lowest BCUT2D eigenvalue weighted by Crippen LogP contribution is -2.39. The molecule has 1 aliphatic rings. The molecule has 33 heavy (non-hydrogen) atoms. The Balaban J connectivity index is 2.18. The van der Waals surface area contributed by atoms with E-state index in [9.17, 15) is 17.6 Å². The number of nitrogens with zero attached hydrogens (tertiary/aromatic N) is 1. The summed E-state index contributed by atoms with van der Waals surface area (Å²) in [5.74, 6) is -2.53. The van der Waals surface area contributed by atoms with E-state index in [1.807, 2.05) is 42.2 Å². The van der Waals surface area contributed by atoms with Crippen molar-refractivity contribution in [1.82, 2.24) is 4.72 Å². The first-order chi connectivity index (χ1) is 15.8. The van der Waals surface area contributed by atoms with Crippen LogP contribution in [0.25, 0.3) is 0 Å². The maximum absolute atomic E-state index is 13.5. The number of aliphatic carboxylic acids is 1. The van der Waals surface area contributed by atoms with Crippen LogP contribution in [0.5, 0.6) is 5.75 Å². The Labute approximate surface area is 197 Å². The Morgan fingerprint density at radius 3 is 2.67 bits per heavy atom. The molecule has 0 saturated heterocycles. The van der Waals surface area contributed by atoms with Crippen LogP contribution in [0.15, 0.2) is 64.3 Å². The van der Waals surface area contributed by atoms with Gasteiger partial charge in [-0.15, -0.1) is 11.8 Å². The maximum Gasteiger partial charge on any atom is 0.368 e. The summed E-state index contributed by atoms with van der Waals surface area (Å²) in [4.78, 5) is 13.3. The molecular formula is C23H27FN2O5S2. The van der Waals surface area contributed by atoms with Crippen molar-refractivity contribution in [3.8, 4) is 5.75 Å². The molecule has 0 saturated carbocycles. The predicted molar refractivity (Wildman–Crippen MR) is 127 cm³/mol. The Bertz CT molecular complexity index is 1120. The van der Waals surface area contributed by atoms with Crippen LogP contribution in [0.1, 0.15) is 33.1 Å². The third kappa shape index (κ3) is 6.07. The topological polar surface area (TPSA) is 95.9 Å². The average Bonchev–Trinajstić information content (AvgIpc) is 2.90. The summed E-state index contributed by atoms with van der Waals surface area (Å²) in [5, 5.41) is 8.76. The van der Waals surface area contributed by atoms with Crippen molar-refractivity contribution < 1.29 is 27.4 Å². The van der Waals surface area contributed by atoms with Crippen LogP contribution in [-0.4, -0.2) is 37.8 Å². The molecule has 0 radical (unpaired) electrons. The van der Waals surface area contributed by atoms with E-state index in [1.165, 1.54) is 17.8 Å². The van der Waals surface area contributed by atoms with Crippen molar-refractivity contribution >= 4 is 39.1 Å². The van der Waals surface area contributed by atoms with E-state index in [4.69, 9.17) is 9.84 Å². The highest BCUT2D eigenvalue weighted by Crippen LogP contribution is 2.42. The van der Waals surface area contributed by atoms with E-state index in [-0.39, 0.29) is 16.7 Å². The van der Waals surface area contributed by atoms with Crippen LogP contribution in [0, 0.1) is 0 Å². The molecule has 7 nitrogen and oxygen atoms in total. The zero-order valence-electron chi connectivity index (χ0n) is 18.5. The Hall–Kier alpha value is -2.56. The van der Waals surface area contributed by atoms with Gasteiger partial charge >= 0.3 is 5.97 Å². The van der Waals surface area contributed by atoms with E-state index >= 15 is 0 Å². The number of ether oxygens (including phenoxy) is 1. The first-order valence-corrected chi connectivity index (χ1v) is 13.1. The zero-order chi connectivity index (χ0) is 24.0. The third-order valence-corrected chi connectivity index (χ3v) is 7.57. The van der Waals surface area contributed by atoms with Crippen LogP contribution in [0.2, 0.25) is 0 Å². The van der Waals surface area contributed by atoms with Gasteiger partial charge in [-0.3, -0.25) is 0 Å². The lowest BCUT2D eigenvalue weighted by atomic mass is 10.1. The summed E-state index contributed by atoms with van der Waals surface area (Å²) < 4.78 is 48.3. The summed E-state index contributed by atoms with van der Waals surface area (Å²) in [6, 6.07) is 12.2. The van der Waals surface area contributed by atoms with Gasteiger partial charge in [0.25, 0.3) is 0 Å². The van der Waals surface area contributed by atoms with E-state index in [1.54, 1.807) is 6.07 Å². The molecule has 10 heteroatoms. The van der Waals surface area contributed by atoms with E-state index in [0.29, 0.717) is 35.6 Å². The van der Waals surface area contributed by atoms with Gasteiger partial charge in [-0.2, -0.15) is 4.39 Å². The van der Waals surface area contributed by atoms with Crippen LogP contribution in [0.3, 0.4) is 0 Å². The molecule has 0 spiro atoms. The molecule has 1 atom stereocenters. The Morgan fingerprint density at radius 1 is 1.30 bits per heavy atom. The van der Waals surface area contributed by atoms with Gasteiger partial charge in [0.15, 0.2) is 0 Å². The van der Waals surface area contributed by atoms with E-state index in [0.717, 1.165) is 18.5 Å². The van der Waals surface area contributed by atoms with Crippen molar-refractivity contribution in [1.29, 1.82) is 0 Å². The number of halogens is 1. The lowest BCUT2D eigenvalue weighted by Gasteiger charge is -2.27. The normalized spacial score (nSPS) is 17.8. The van der Waals surface area contributed by atoms with Crippen molar-refractivity contribution in [2.75, 3.05) is 17.2 Å². The second-order valence-electron chi connectivity index (χ2n) is 7.50. The summed E-state index contributed by atoms with van der Waals surface area (Å²) in [6.45, 7) is 4.42. The number of unbranched alkanes of at least 4 members (excludes halogenated alkanes) is 1. The average molecular weight is 495 g/mol. The fourth-order valence-corrected chi connectivity index (χ4v) is 5.79. The second-order valence-corrected chi connectivity index (χ2v) is 10.5. The van der Waals surface area contributed by atoms with Gasteiger partial charge in [0.2, 0.25) is 15.9 Å². The van der Waals surface area contributed by atoms with Crippen LogP contribution < -0.4 is 14.4 Å². The number of hydrogen-bond acceptors (Lipinski definition) is 6. The molecule has 0 aromatic heterocycles. The van der Waals surface area contributed by atoms with Crippen molar-refractivity contribution in [3.63, 3.8) is 0 Å². The highest BCUT2D eigenvalue weighted by atomic mass is 32.2. The number of rotatable bonds is 9. The van der Waals surface area contributed by atoms with Crippen LogP contribution in [0.4, 0.5) is 15.8 Å². The van der Waals surface area contributed by atoms with Crippen molar-refractivity contribution in [2.24, 2.45) is 0 Å². The minimum atomic E-state index is -3.92. The minimum absolute atomic E-state index is 0.00932. The molecule has 0 unspecified atom stereocenters. The molecule has 0 amide bonds. The number of fused-ring (bicyclic) bond motifs is 1. The fraction of sp³-hybridized carbons (Fsp3) is 0.348. The van der Waals surface area contributed by atoms with Crippen molar-refractivity contribution in [3.05, 3.63) is 54.6 Å². The Kier molecular flexibility index (Phi) is 8.39. The summed E-state index contributed by atoms with van der Waals surface area (Å²) >= 11 is 1.39. The van der Waals surface area contributed by atoms with Gasteiger partial charge in [0.1, 0.15) is 16.9 Å². The largest absolute Gasteiger partial charge is 0.476 e. The number of benzene rings is 2. The van der Waals surface area contributed by atoms with Gasteiger partial charge < -0.3 is 14.7 Å². The second kappa shape index (κ2) is 11.0. The van der Waals surface area contributed by atoms with Gasteiger partial charge in [-0.05, 0) is 30.4 Å². The minimum Gasteiger partial charge on any atom is -0.476 e. The standard InChI is InChI=1S/C23H27FN2O5S2/c1-3-5-9-16-14-26(17-10-7-6-8-11-17)19-12-21(32-4-2)20(31-15-18(24)23(27)28)13-22(19)33(29,30)25-16/h6-8,10-13,15-16,25H,3-5,9,14H2,1-2H3,(H,27,28)/b18-15-/t16-/m0/s1. The molecule has 2 aromatic rings.